The van der Waals surface area contributed by atoms with Gasteiger partial charge in [0.15, 0.2) is 0 Å². The molecule has 3 N–H and O–H groups in total. The zero-order chi connectivity index (χ0) is 13.2. The van der Waals surface area contributed by atoms with Crippen LogP contribution in [0.15, 0.2) is 24.3 Å². The molecule has 0 amide bonds. The third kappa shape index (κ3) is 2.66. The summed E-state index contributed by atoms with van der Waals surface area (Å²) in [4.78, 5) is 0. The zero-order valence-corrected chi connectivity index (χ0v) is 11.2. The van der Waals surface area contributed by atoms with E-state index in [9.17, 15) is 4.39 Å². The molecule has 0 aromatic heterocycles. The number of hydrogen-bond acceptors (Lipinski definition) is 2. The molecular weight excluding hydrogens is 227 g/mol. The first-order valence-electron chi connectivity index (χ1n) is 6.79. The largest absolute Gasteiger partial charge is 0.378 e. The van der Waals surface area contributed by atoms with Crippen molar-refractivity contribution in [3.63, 3.8) is 0 Å². The SMILES string of the molecule is CC1CCC(C)C(CN)(Nc2ccc(F)cc2)C1. The Balaban J connectivity index is 2.18. The summed E-state index contributed by atoms with van der Waals surface area (Å²) in [6.45, 7) is 5.16. The van der Waals surface area contributed by atoms with E-state index in [1.807, 2.05) is 0 Å². The van der Waals surface area contributed by atoms with Gasteiger partial charge in [0.2, 0.25) is 0 Å². The lowest BCUT2D eigenvalue weighted by molar-refractivity contribution is 0.188. The van der Waals surface area contributed by atoms with Gasteiger partial charge in [0.1, 0.15) is 5.82 Å². The van der Waals surface area contributed by atoms with E-state index in [1.165, 1.54) is 25.0 Å². The maximum absolute atomic E-state index is 12.9. The van der Waals surface area contributed by atoms with E-state index in [-0.39, 0.29) is 11.4 Å². The summed E-state index contributed by atoms with van der Waals surface area (Å²) in [6.07, 6.45) is 3.56. The number of nitrogens with one attached hydrogen (secondary N) is 1. The fourth-order valence-corrected chi connectivity index (χ4v) is 3.07. The molecule has 2 rings (SSSR count). The molecule has 1 aliphatic rings. The average Bonchev–Trinajstić information content (AvgIpc) is 2.37. The molecule has 0 heterocycles. The number of rotatable bonds is 3. The smallest absolute Gasteiger partial charge is 0.123 e. The molecule has 1 aromatic rings. The maximum Gasteiger partial charge on any atom is 0.123 e. The Morgan fingerprint density at radius 1 is 1.28 bits per heavy atom. The first-order chi connectivity index (χ1) is 8.55. The van der Waals surface area contributed by atoms with Crippen LogP contribution >= 0.6 is 0 Å². The molecule has 0 bridgehead atoms. The fraction of sp³-hybridized carbons (Fsp3) is 0.600. The minimum absolute atomic E-state index is 0.0461. The molecule has 18 heavy (non-hydrogen) atoms. The van der Waals surface area contributed by atoms with Gasteiger partial charge in [0.25, 0.3) is 0 Å². The minimum atomic E-state index is -0.201. The quantitative estimate of drug-likeness (QED) is 0.863. The van der Waals surface area contributed by atoms with Gasteiger partial charge in [-0.3, -0.25) is 0 Å². The van der Waals surface area contributed by atoms with Gasteiger partial charge < -0.3 is 11.1 Å². The molecule has 3 unspecified atom stereocenters. The second-order valence-corrected chi connectivity index (χ2v) is 5.78. The Morgan fingerprint density at radius 3 is 2.56 bits per heavy atom. The van der Waals surface area contributed by atoms with E-state index < -0.39 is 0 Å². The highest BCUT2D eigenvalue weighted by Crippen LogP contribution is 2.38. The van der Waals surface area contributed by atoms with E-state index in [0.717, 1.165) is 12.1 Å². The highest BCUT2D eigenvalue weighted by atomic mass is 19.1. The summed E-state index contributed by atoms with van der Waals surface area (Å²) in [7, 11) is 0. The van der Waals surface area contributed by atoms with Crippen molar-refractivity contribution in [1.29, 1.82) is 0 Å². The molecular formula is C15H23FN2. The van der Waals surface area contributed by atoms with E-state index in [4.69, 9.17) is 5.73 Å². The van der Waals surface area contributed by atoms with Crippen LogP contribution < -0.4 is 11.1 Å². The second-order valence-electron chi connectivity index (χ2n) is 5.78. The van der Waals surface area contributed by atoms with Gasteiger partial charge in [-0.15, -0.1) is 0 Å². The molecule has 1 saturated carbocycles. The number of hydrogen-bond donors (Lipinski definition) is 2. The first kappa shape index (κ1) is 13.3. The van der Waals surface area contributed by atoms with Crippen LogP contribution in [0.1, 0.15) is 33.1 Å². The van der Waals surface area contributed by atoms with Gasteiger partial charge >= 0.3 is 0 Å². The van der Waals surface area contributed by atoms with Crippen LogP contribution in [0.4, 0.5) is 10.1 Å². The van der Waals surface area contributed by atoms with Crippen LogP contribution in [0.3, 0.4) is 0 Å². The Labute approximate surface area is 109 Å². The number of halogens is 1. The molecule has 1 aliphatic carbocycles. The third-order valence-corrected chi connectivity index (χ3v) is 4.35. The lowest BCUT2D eigenvalue weighted by atomic mass is 9.69. The Kier molecular flexibility index (Phi) is 3.91. The molecule has 1 aromatic carbocycles. The first-order valence-corrected chi connectivity index (χ1v) is 6.79. The van der Waals surface area contributed by atoms with Gasteiger partial charge in [-0.1, -0.05) is 20.3 Å². The van der Waals surface area contributed by atoms with Crippen LogP contribution in [0.5, 0.6) is 0 Å². The summed E-state index contributed by atoms with van der Waals surface area (Å²) in [5.41, 5.74) is 6.95. The van der Waals surface area contributed by atoms with Crippen molar-refractivity contribution in [3.8, 4) is 0 Å². The van der Waals surface area contributed by atoms with Crippen molar-refractivity contribution in [2.45, 2.75) is 38.6 Å². The normalized spacial score (nSPS) is 32.2. The van der Waals surface area contributed by atoms with Crippen LogP contribution in [0.2, 0.25) is 0 Å². The molecule has 1 fully saturated rings. The second kappa shape index (κ2) is 5.27. The third-order valence-electron chi connectivity index (χ3n) is 4.35. The Morgan fingerprint density at radius 2 is 1.94 bits per heavy atom. The molecule has 0 aliphatic heterocycles. The highest BCUT2D eigenvalue weighted by molar-refractivity contribution is 5.46. The van der Waals surface area contributed by atoms with Crippen molar-refractivity contribution in [1.82, 2.24) is 0 Å². The molecule has 0 saturated heterocycles. The van der Waals surface area contributed by atoms with Gasteiger partial charge in [-0.25, -0.2) is 4.39 Å². The maximum atomic E-state index is 12.9. The Bertz CT molecular complexity index is 390. The minimum Gasteiger partial charge on any atom is -0.378 e. The summed E-state index contributed by atoms with van der Waals surface area (Å²) in [5.74, 6) is 1.04. The standard InChI is InChI=1S/C15H23FN2/c1-11-3-4-12(2)15(9-11,10-17)18-14-7-5-13(16)6-8-14/h5-8,11-12,18H,3-4,9-10,17H2,1-2H3. The lowest BCUT2D eigenvalue weighted by Gasteiger charge is -2.45. The number of benzene rings is 1. The number of nitrogens with two attached hydrogens (primary N) is 1. The van der Waals surface area contributed by atoms with Crippen LogP contribution in [0, 0.1) is 17.7 Å². The van der Waals surface area contributed by atoms with Crippen LogP contribution in [-0.2, 0) is 0 Å². The molecule has 0 spiro atoms. The molecule has 2 nitrogen and oxygen atoms in total. The van der Waals surface area contributed by atoms with Crippen molar-refractivity contribution < 1.29 is 4.39 Å². The molecule has 3 heteroatoms. The highest BCUT2D eigenvalue weighted by Gasteiger charge is 2.39. The van der Waals surface area contributed by atoms with Crippen molar-refractivity contribution in [2.24, 2.45) is 17.6 Å². The zero-order valence-electron chi connectivity index (χ0n) is 11.2. The van der Waals surface area contributed by atoms with E-state index in [2.05, 4.69) is 19.2 Å². The summed E-state index contributed by atoms with van der Waals surface area (Å²) >= 11 is 0. The predicted octanol–water partition coefficient (Wildman–Crippen LogP) is 3.39. The molecule has 100 valence electrons. The molecule has 0 radical (unpaired) electrons. The topological polar surface area (TPSA) is 38.0 Å². The van der Waals surface area contributed by atoms with Crippen molar-refractivity contribution in [3.05, 3.63) is 30.1 Å². The van der Waals surface area contributed by atoms with Gasteiger partial charge in [0.05, 0.1) is 5.54 Å². The van der Waals surface area contributed by atoms with E-state index >= 15 is 0 Å². The number of anilines is 1. The molecule has 3 atom stereocenters. The van der Waals surface area contributed by atoms with Gasteiger partial charge in [-0.2, -0.15) is 0 Å². The van der Waals surface area contributed by atoms with E-state index in [0.29, 0.717) is 18.4 Å². The van der Waals surface area contributed by atoms with Crippen molar-refractivity contribution in [2.75, 3.05) is 11.9 Å². The predicted molar refractivity (Wildman–Crippen MR) is 74.0 cm³/mol. The lowest BCUT2D eigenvalue weighted by Crippen LogP contribution is -2.54. The fourth-order valence-electron chi connectivity index (χ4n) is 3.07. The monoisotopic (exact) mass is 250 g/mol. The Hall–Kier alpha value is -1.09. The van der Waals surface area contributed by atoms with Crippen molar-refractivity contribution >= 4 is 5.69 Å². The van der Waals surface area contributed by atoms with Gasteiger partial charge in [0, 0.05) is 12.2 Å². The summed E-state index contributed by atoms with van der Waals surface area (Å²) in [6, 6.07) is 6.56. The van der Waals surface area contributed by atoms with Crippen LogP contribution in [0.25, 0.3) is 0 Å². The van der Waals surface area contributed by atoms with Gasteiger partial charge in [-0.05, 0) is 48.9 Å². The van der Waals surface area contributed by atoms with E-state index in [1.54, 1.807) is 12.1 Å². The summed E-state index contributed by atoms with van der Waals surface area (Å²) < 4.78 is 12.9. The van der Waals surface area contributed by atoms with Crippen LogP contribution in [-0.4, -0.2) is 12.1 Å². The average molecular weight is 250 g/mol. The summed E-state index contributed by atoms with van der Waals surface area (Å²) in [5, 5.41) is 3.56.